The van der Waals surface area contributed by atoms with E-state index in [2.05, 4.69) is 9.58 Å². The van der Waals surface area contributed by atoms with Gasteiger partial charge in [-0.05, 0) is 19.1 Å². The number of aliphatic hydroxyl groups is 1. The average Bonchev–Trinajstić information content (AvgIpc) is 2.61. The third-order valence-corrected chi connectivity index (χ3v) is 3.34. The number of aliphatic hydroxyl groups excluding tert-OH is 1. The van der Waals surface area contributed by atoms with E-state index in [0.29, 0.717) is 16.4 Å². The molecule has 1 aromatic carbocycles. The molecule has 130 valence electrons. The van der Waals surface area contributed by atoms with Gasteiger partial charge in [-0.15, -0.1) is 5.01 Å². The van der Waals surface area contributed by atoms with Crippen molar-refractivity contribution in [3.63, 3.8) is 0 Å². The minimum absolute atomic E-state index is 0.00290. The maximum absolute atomic E-state index is 12.6. The van der Waals surface area contributed by atoms with Crippen LogP contribution in [0.4, 0.5) is 16.2 Å². The topological polar surface area (TPSA) is 101 Å². The summed E-state index contributed by atoms with van der Waals surface area (Å²) in [6, 6.07) is 5.98. The monoisotopic (exact) mass is 345 g/mol. The summed E-state index contributed by atoms with van der Waals surface area (Å²) in [4.78, 5) is 39.8. The molecule has 0 unspecified atom stereocenters. The molecule has 9 heteroatoms. The zero-order valence-electron chi connectivity index (χ0n) is 13.6. The number of nitrogens with zero attached hydrogens (tertiary/aromatic N) is 3. The number of hydrazine groups is 1. The first-order valence-electron chi connectivity index (χ1n) is 7.21. The average molecular weight is 345 g/mol. The van der Waals surface area contributed by atoms with Crippen molar-refractivity contribution in [2.45, 2.75) is 6.92 Å². The lowest BCUT2D eigenvalue weighted by molar-refractivity contribution is -0.142. The van der Waals surface area contributed by atoms with E-state index in [0.717, 1.165) is 12.1 Å². The molecule has 1 heterocycles. The fourth-order valence-corrected chi connectivity index (χ4v) is 2.21. The lowest BCUT2D eigenvalue weighted by atomic mass is 10.1. The molecule has 0 saturated heterocycles. The Morgan fingerprint density at radius 2 is 1.96 bits per heavy atom. The number of rotatable bonds is 3. The van der Waals surface area contributed by atoms with Crippen molar-refractivity contribution in [2.75, 3.05) is 25.3 Å². The second-order valence-electron chi connectivity index (χ2n) is 4.82. The predicted molar refractivity (Wildman–Crippen MR) is 85.6 cm³/mol. The predicted octanol–water partition coefficient (Wildman–Crippen LogP) is 1.94. The molecule has 0 bridgehead atoms. The van der Waals surface area contributed by atoms with Crippen molar-refractivity contribution in [3.05, 3.63) is 47.0 Å². The Morgan fingerprint density at radius 1 is 1.32 bits per heavy atom. The summed E-state index contributed by atoms with van der Waals surface area (Å²) in [6.45, 7) is 8.17. The molecule has 1 N–H and O–H groups in total. The van der Waals surface area contributed by atoms with Crippen LogP contribution in [0.1, 0.15) is 6.92 Å². The number of benzene rings is 1. The van der Waals surface area contributed by atoms with E-state index >= 15 is 0 Å². The third-order valence-electron chi connectivity index (χ3n) is 3.34. The van der Waals surface area contributed by atoms with Gasteiger partial charge in [0.25, 0.3) is 5.91 Å². The Hall–Kier alpha value is -3.54. The summed E-state index contributed by atoms with van der Waals surface area (Å²) in [7, 11) is 1.08. The van der Waals surface area contributed by atoms with Gasteiger partial charge in [0, 0.05) is 0 Å². The first kappa shape index (κ1) is 17.8. The molecular weight excluding hydrogens is 330 g/mol. The Bertz CT molecular complexity index is 778. The number of carbonyl (C=O) groups excluding carboxylic acids is 3. The largest absolute Gasteiger partial charge is 0.509 e. The van der Waals surface area contributed by atoms with Crippen LogP contribution in [0.3, 0.4) is 0 Å². The third kappa shape index (κ3) is 3.37. The van der Waals surface area contributed by atoms with Gasteiger partial charge in [0.15, 0.2) is 11.3 Å². The maximum atomic E-state index is 12.6. The van der Waals surface area contributed by atoms with Gasteiger partial charge in [0.05, 0.1) is 32.5 Å². The van der Waals surface area contributed by atoms with Crippen LogP contribution in [0.25, 0.3) is 4.85 Å². The van der Waals surface area contributed by atoms with E-state index in [1.165, 1.54) is 24.3 Å². The molecule has 9 nitrogen and oxygen atoms in total. The zero-order chi connectivity index (χ0) is 18.6. The summed E-state index contributed by atoms with van der Waals surface area (Å²) >= 11 is 0. The summed E-state index contributed by atoms with van der Waals surface area (Å²) in [5.41, 5.74) is 0.0885. The van der Waals surface area contributed by atoms with Crippen molar-refractivity contribution in [3.8, 4) is 0 Å². The molecule has 2 amide bonds. The van der Waals surface area contributed by atoms with E-state index in [1.807, 2.05) is 0 Å². The number of anilines is 1. The summed E-state index contributed by atoms with van der Waals surface area (Å²) < 4.78 is 9.35. The SMILES string of the molecule is [C-]#[N+]c1ccc(N2CC(O)=C(C(=O)OCC)C(=O)N2C(=O)OC)cc1. The molecule has 0 saturated carbocycles. The lowest BCUT2D eigenvalue weighted by Crippen LogP contribution is -2.56. The highest BCUT2D eigenvalue weighted by atomic mass is 16.6. The lowest BCUT2D eigenvalue weighted by Gasteiger charge is -2.37. The van der Waals surface area contributed by atoms with Crippen molar-refractivity contribution in [1.82, 2.24) is 5.01 Å². The quantitative estimate of drug-likeness (QED) is 0.507. The summed E-state index contributed by atoms with van der Waals surface area (Å²) in [5.74, 6) is -2.62. The smallest absolute Gasteiger partial charge is 0.436 e. The van der Waals surface area contributed by atoms with Crippen LogP contribution in [0.2, 0.25) is 0 Å². The van der Waals surface area contributed by atoms with Crippen LogP contribution in [-0.4, -0.2) is 48.3 Å². The Kier molecular flexibility index (Phi) is 5.24. The van der Waals surface area contributed by atoms with Gasteiger partial charge in [-0.3, -0.25) is 9.80 Å². The molecule has 1 aliphatic heterocycles. The van der Waals surface area contributed by atoms with E-state index in [1.54, 1.807) is 6.92 Å². The van der Waals surface area contributed by atoms with Crippen molar-refractivity contribution in [2.24, 2.45) is 0 Å². The first-order chi connectivity index (χ1) is 11.9. The second-order valence-corrected chi connectivity index (χ2v) is 4.82. The Balaban J connectivity index is 2.49. The minimum Gasteiger partial charge on any atom is -0.509 e. The van der Waals surface area contributed by atoms with Crippen LogP contribution < -0.4 is 5.01 Å². The number of hydrogen-bond donors (Lipinski definition) is 1. The van der Waals surface area contributed by atoms with Crippen LogP contribution in [-0.2, 0) is 19.1 Å². The highest BCUT2D eigenvalue weighted by molar-refractivity contribution is 6.21. The van der Waals surface area contributed by atoms with Gasteiger partial charge in [0.1, 0.15) is 5.76 Å². The van der Waals surface area contributed by atoms with E-state index in [4.69, 9.17) is 11.3 Å². The molecule has 25 heavy (non-hydrogen) atoms. The van der Waals surface area contributed by atoms with Gasteiger partial charge in [-0.2, -0.15) is 0 Å². The minimum atomic E-state index is -1.07. The van der Waals surface area contributed by atoms with E-state index in [9.17, 15) is 19.5 Å². The number of hydrogen-bond acceptors (Lipinski definition) is 7. The van der Waals surface area contributed by atoms with Crippen molar-refractivity contribution in [1.29, 1.82) is 0 Å². The standard InChI is InChI=1S/C16H15N3O6/c1-4-25-15(22)13-12(20)9-18(19(14(13)21)16(23)24-3)11-7-5-10(17-2)6-8-11/h5-8,20H,4,9H2,1,3H3. The maximum Gasteiger partial charge on any atom is 0.436 e. The summed E-state index contributed by atoms with van der Waals surface area (Å²) in [6.07, 6.45) is -1.03. The summed E-state index contributed by atoms with van der Waals surface area (Å²) in [5, 5.41) is 11.9. The van der Waals surface area contributed by atoms with Crippen molar-refractivity contribution < 1.29 is 29.0 Å². The number of ether oxygens (including phenoxy) is 2. The molecule has 0 aromatic heterocycles. The number of methoxy groups -OCH3 is 1. The fraction of sp³-hybridized carbons (Fsp3) is 0.250. The van der Waals surface area contributed by atoms with Crippen LogP contribution >= 0.6 is 0 Å². The van der Waals surface area contributed by atoms with Gasteiger partial charge in [-0.1, -0.05) is 12.1 Å². The van der Waals surface area contributed by atoms with Gasteiger partial charge in [0.2, 0.25) is 0 Å². The highest BCUT2D eigenvalue weighted by Crippen LogP contribution is 2.27. The van der Waals surface area contributed by atoms with Crippen molar-refractivity contribution >= 4 is 29.3 Å². The van der Waals surface area contributed by atoms with Gasteiger partial charge >= 0.3 is 12.1 Å². The zero-order valence-corrected chi connectivity index (χ0v) is 13.6. The molecule has 0 spiro atoms. The molecule has 2 rings (SSSR count). The first-order valence-corrected chi connectivity index (χ1v) is 7.21. The molecule has 0 aliphatic carbocycles. The second kappa shape index (κ2) is 7.35. The number of amides is 2. The van der Waals surface area contributed by atoms with E-state index < -0.39 is 29.3 Å². The number of carbonyl (C=O) groups is 3. The van der Waals surface area contributed by atoms with Crippen LogP contribution in [0.5, 0.6) is 0 Å². The molecule has 0 radical (unpaired) electrons. The molecule has 1 aromatic rings. The Morgan fingerprint density at radius 3 is 2.48 bits per heavy atom. The number of imide groups is 1. The molecule has 0 atom stereocenters. The normalized spacial score (nSPS) is 14.2. The molecule has 0 fully saturated rings. The molecular formula is C16H15N3O6. The Labute approximate surface area is 143 Å². The van der Waals surface area contributed by atoms with Crippen LogP contribution in [0.15, 0.2) is 35.6 Å². The van der Waals surface area contributed by atoms with E-state index in [-0.39, 0.29) is 13.2 Å². The van der Waals surface area contributed by atoms with Crippen LogP contribution in [0, 0.1) is 6.57 Å². The molecule has 1 aliphatic rings. The van der Waals surface area contributed by atoms with Gasteiger partial charge < -0.3 is 14.6 Å². The highest BCUT2D eigenvalue weighted by Gasteiger charge is 2.42. The number of esters is 1. The van der Waals surface area contributed by atoms with Gasteiger partial charge in [-0.25, -0.2) is 14.4 Å². The fourth-order valence-electron chi connectivity index (χ4n) is 2.21.